The van der Waals surface area contributed by atoms with Gasteiger partial charge in [-0.3, -0.25) is 9.78 Å². The lowest BCUT2D eigenvalue weighted by atomic mass is 10.1. The van der Waals surface area contributed by atoms with Crippen molar-refractivity contribution in [2.45, 2.75) is 25.6 Å². The normalized spacial score (nSPS) is 12.6. The van der Waals surface area contributed by atoms with Gasteiger partial charge in [-0.05, 0) is 25.0 Å². The van der Waals surface area contributed by atoms with Crippen LogP contribution in [0.2, 0.25) is 0 Å². The molecule has 4 heteroatoms. The minimum absolute atomic E-state index is 0.0318. The van der Waals surface area contributed by atoms with E-state index >= 15 is 0 Å². The summed E-state index contributed by atoms with van der Waals surface area (Å²) in [6, 6.07) is 3.72. The van der Waals surface area contributed by atoms with Crippen LogP contribution in [0.3, 0.4) is 0 Å². The summed E-state index contributed by atoms with van der Waals surface area (Å²) in [5, 5.41) is 2.80. The van der Waals surface area contributed by atoms with E-state index in [0.29, 0.717) is 0 Å². The average molecular weight is 271 g/mol. The molecule has 0 bridgehead atoms. The molecule has 0 aromatic carbocycles. The number of nitrogens with zero attached hydrogens (tertiary/aromatic N) is 1. The fraction of sp³-hybridized carbons (Fsp3) is 0.455. The minimum atomic E-state index is -0.168. The van der Waals surface area contributed by atoms with E-state index in [1.807, 2.05) is 32.9 Å². The third kappa shape index (κ3) is 3.63. The number of anilines is 1. The van der Waals surface area contributed by atoms with Crippen molar-refractivity contribution in [3.05, 3.63) is 24.0 Å². The summed E-state index contributed by atoms with van der Waals surface area (Å²) in [6.07, 6.45) is 1.66. The number of carbonyl (C=O) groups excluding carboxylic acids is 1. The molecule has 0 radical (unpaired) electrons. The number of aryl methyl sites for hydroxylation is 1. The van der Waals surface area contributed by atoms with Crippen LogP contribution in [0.5, 0.6) is 0 Å². The zero-order chi connectivity index (χ0) is 11.4. The number of rotatable bonds is 3. The molecule has 3 nitrogen and oxygen atoms in total. The Morgan fingerprint density at radius 2 is 2.13 bits per heavy atom. The number of amides is 1. The SMILES string of the molecule is Cc1ccc(NC(=O)C(Br)C(C)C)cn1. The van der Waals surface area contributed by atoms with Crippen LogP contribution in [0.25, 0.3) is 0 Å². The van der Waals surface area contributed by atoms with Crippen molar-refractivity contribution in [1.82, 2.24) is 4.98 Å². The van der Waals surface area contributed by atoms with Crippen molar-refractivity contribution in [2.24, 2.45) is 5.92 Å². The predicted molar refractivity (Wildman–Crippen MR) is 65.2 cm³/mol. The Balaban J connectivity index is 2.62. The molecule has 0 saturated carbocycles. The lowest BCUT2D eigenvalue weighted by molar-refractivity contribution is -0.116. The second-order valence-electron chi connectivity index (χ2n) is 3.82. The van der Waals surface area contributed by atoms with Crippen molar-refractivity contribution in [2.75, 3.05) is 5.32 Å². The molecule has 1 atom stereocenters. The van der Waals surface area contributed by atoms with Crippen LogP contribution in [0, 0.1) is 12.8 Å². The van der Waals surface area contributed by atoms with Crippen LogP contribution in [0.15, 0.2) is 18.3 Å². The molecule has 0 aliphatic carbocycles. The minimum Gasteiger partial charge on any atom is -0.324 e. The van der Waals surface area contributed by atoms with Gasteiger partial charge in [-0.15, -0.1) is 0 Å². The maximum absolute atomic E-state index is 11.7. The number of hydrogen-bond acceptors (Lipinski definition) is 2. The van der Waals surface area contributed by atoms with Gasteiger partial charge in [-0.2, -0.15) is 0 Å². The van der Waals surface area contributed by atoms with Crippen LogP contribution >= 0.6 is 15.9 Å². The molecular weight excluding hydrogens is 256 g/mol. The Morgan fingerprint density at radius 1 is 1.47 bits per heavy atom. The molecule has 1 aromatic heterocycles. The second kappa shape index (κ2) is 5.26. The Morgan fingerprint density at radius 3 is 2.60 bits per heavy atom. The lowest BCUT2D eigenvalue weighted by Crippen LogP contribution is -2.27. The Bertz CT molecular complexity index is 335. The molecule has 1 amide bonds. The molecule has 0 fully saturated rings. The number of pyridine rings is 1. The molecule has 1 aromatic rings. The summed E-state index contributed by atoms with van der Waals surface area (Å²) in [5.74, 6) is 0.235. The van der Waals surface area contributed by atoms with E-state index in [1.54, 1.807) is 6.20 Å². The maximum Gasteiger partial charge on any atom is 0.238 e. The Labute approximate surface area is 98.4 Å². The number of aromatic nitrogens is 1. The quantitative estimate of drug-likeness (QED) is 0.859. The molecule has 0 aliphatic rings. The van der Waals surface area contributed by atoms with E-state index in [9.17, 15) is 4.79 Å². The van der Waals surface area contributed by atoms with Crippen LogP contribution < -0.4 is 5.32 Å². The second-order valence-corrected chi connectivity index (χ2v) is 4.81. The summed E-state index contributed by atoms with van der Waals surface area (Å²) in [4.78, 5) is 15.6. The number of hydrogen-bond donors (Lipinski definition) is 1. The number of nitrogens with one attached hydrogen (secondary N) is 1. The van der Waals surface area contributed by atoms with Crippen molar-refractivity contribution in [1.29, 1.82) is 0 Å². The highest BCUT2D eigenvalue weighted by Crippen LogP contribution is 2.15. The summed E-state index contributed by atoms with van der Waals surface area (Å²) < 4.78 is 0. The fourth-order valence-corrected chi connectivity index (χ4v) is 1.17. The standard InChI is InChI=1S/C11H15BrN2O/c1-7(2)10(12)11(15)14-9-5-4-8(3)13-6-9/h4-7,10H,1-3H3,(H,14,15). The van der Waals surface area contributed by atoms with Gasteiger partial charge in [0, 0.05) is 5.69 Å². The van der Waals surface area contributed by atoms with Crippen LogP contribution in [0.1, 0.15) is 19.5 Å². The third-order valence-corrected chi connectivity index (χ3v) is 3.49. The molecule has 1 N–H and O–H groups in total. The van der Waals surface area contributed by atoms with E-state index in [4.69, 9.17) is 0 Å². The van der Waals surface area contributed by atoms with Gasteiger partial charge in [-0.25, -0.2) is 0 Å². The first-order valence-corrected chi connectivity index (χ1v) is 5.80. The van der Waals surface area contributed by atoms with E-state index in [1.165, 1.54) is 0 Å². The summed E-state index contributed by atoms with van der Waals surface area (Å²) in [6.45, 7) is 5.89. The van der Waals surface area contributed by atoms with Gasteiger partial charge < -0.3 is 5.32 Å². The van der Waals surface area contributed by atoms with Crippen molar-refractivity contribution < 1.29 is 4.79 Å². The van der Waals surface area contributed by atoms with Crippen molar-refractivity contribution in [3.63, 3.8) is 0 Å². The van der Waals surface area contributed by atoms with E-state index in [0.717, 1.165) is 11.4 Å². The van der Waals surface area contributed by atoms with Crippen molar-refractivity contribution in [3.8, 4) is 0 Å². The highest BCUT2D eigenvalue weighted by molar-refractivity contribution is 9.10. The molecule has 15 heavy (non-hydrogen) atoms. The van der Waals surface area contributed by atoms with Gasteiger partial charge in [0.1, 0.15) is 0 Å². The molecule has 1 unspecified atom stereocenters. The fourth-order valence-electron chi connectivity index (χ4n) is 1.06. The first-order chi connectivity index (χ1) is 7.00. The van der Waals surface area contributed by atoms with Crippen LogP contribution in [-0.4, -0.2) is 15.7 Å². The number of carbonyl (C=O) groups is 1. The Hall–Kier alpha value is -0.900. The highest BCUT2D eigenvalue weighted by Gasteiger charge is 2.18. The molecule has 1 rings (SSSR count). The largest absolute Gasteiger partial charge is 0.324 e. The van der Waals surface area contributed by atoms with Gasteiger partial charge >= 0.3 is 0 Å². The zero-order valence-corrected chi connectivity index (χ0v) is 10.7. The van der Waals surface area contributed by atoms with Gasteiger partial charge in [-0.1, -0.05) is 29.8 Å². The average Bonchev–Trinajstić information content (AvgIpc) is 2.20. The first kappa shape index (κ1) is 12.2. The zero-order valence-electron chi connectivity index (χ0n) is 9.12. The van der Waals surface area contributed by atoms with E-state index in [-0.39, 0.29) is 16.7 Å². The third-order valence-electron chi connectivity index (χ3n) is 2.01. The topological polar surface area (TPSA) is 42.0 Å². The van der Waals surface area contributed by atoms with Crippen LogP contribution in [0.4, 0.5) is 5.69 Å². The van der Waals surface area contributed by atoms with Gasteiger partial charge in [0.2, 0.25) is 5.91 Å². The van der Waals surface area contributed by atoms with Crippen molar-refractivity contribution >= 4 is 27.5 Å². The maximum atomic E-state index is 11.7. The Kier molecular flexibility index (Phi) is 4.27. The van der Waals surface area contributed by atoms with E-state index < -0.39 is 0 Å². The molecule has 0 saturated heterocycles. The highest BCUT2D eigenvalue weighted by atomic mass is 79.9. The van der Waals surface area contributed by atoms with Gasteiger partial charge in [0.25, 0.3) is 0 Å². The monoisotopic (exact) mass is 270 g/mol. The molecule has 0 spiro atoms. The molecule has 1 heterocycles. The molecule has 0 aliphatic heterocycles. The molecular formula is C11H15BrN2O. The number of alkyl halides is 1. The molecule has 82 valence electrons. The summed E-state index contributed by atoms with van der Waals surface area (Å²) in [7, 11) is 0. The van der Waals surface area contributed by atoms with Gasteiger partial charge in [0.05, 0.1) is 16.7 Å². The smallest absolute Gasteiger partial charge is 0.238 e. The number of halogens is 1. The van der Waals surface area contributed by atoms with Gasteiger partial charge in [0.15, 0.2) is 0 Å². The first-order valence-electron chi connectivity index (χ1n) is 4.88. The summed E-state index contributed by atoms with van der Waals surface area (Å²) >= 11 is 3.35. The summed E-state index contributed by atoms with van der Waals surface area (Å²) in [5.41, 5.74) is 1.67. The lowest BCUT2D eigenvalue weighted by Gasteiger charge is -2.13. The van der Waals surface area contributed by atoms with E-state index in [2.05, 4.69) is 26.2 Å². The predicted octanol–water partition coefficient (Wildman–Crippen LogP) is 2.75. The van der Waals surface area contributed by atoms with Crippen LogP contribution in [-0.2, 0) is 4.79 Å².